The predicted molar refractivity (Wildman–Crippen MR) is 109 cm³/mol. The lowest BCUT2D eigenvalue weighted by atomic mass is 10.2. The molecule has 156 valence electrons. The number of hydrogen-bond donors (Lipinski definition) is 1. The lowest BCUT2D eigenvalue weighted by Crippen LogP contribution is -2.38. The van der Waals surface area contributed by atoms with Crippen molar-refractivity contribution < 1.29 is 22.5 Å². The van der Waals surface area contributed by atoms with Crippen molar-refractivity contribution in [1.29, 1.82) is 0 Å². The number of aromatic nitrogens is 2. The maximum atomic E-state index is 12.9. The fraction of sp³-hybridized carbons (Fsp3) is 0.211. The van der Waals surface area contributed by atoms with Gasteiger partial charge < -0.3 is 9.26 Å². The van der Waals surface area contributed by atoms with E-state index in [2.05, 4.69) is 14.9 Å². The maximum absolute atomic E-state index is 12.9. The summed E-state index contributed by atoms with van der Waals surface area (Å²) in [5.74, 6) is 0.550. The third-order valence-corrected chi connectivity index (χ3v) is 6.33. The van der Waals surface area contributed by atoms with Gasteiger partial charge in [0.25, 0.3) is 15.9 Å². The van der Waals surface area contributed by atoms with Crippen LogP contribution in [-0.2, 0) is 21.4 Å². The Morgan fingerprint density at radius 1 is 1.23 bits per heavy atom. The average molecular weight is 449 g/mol. The number of nitrogens with zero attached hydrogens (tertiary/aromatic N) is 3. The largest absolute Gasteiger partial charge is 0.482 e. The molecule has 4 rings (SSSR count). The minimum absolute atomic E-state index is 0.0381. The normalized spacial score (nSPS) is 13.7. The standard InChI is InChI=1S/C19H17ClN4O5S/c1-11-5-3-4-6-14(11)23-30(26,27)17-8-16-15(7-13(17)20)24(19(25)10-28-16)9-18-21-12(2)29-22-18/h3-8,23H,9-10H2,1-2H3. The van der Waals surface area contributed by atoms with Crippen molar-refractivity contribution in [3.8, 4) is 5.75 Å². The summed E-state index contributed by atoms with van der Waals surface area (Å²) in [4.78, 5) is 17.7. The Hall–Kier alpha value is -3.11. The number of rotatable bonds is 5. The number of amides is 1. The number of benzene rings is 2. The molecular formula is C19H17ClN4O5S. The third kappa shape index (κ3) is 3.83. The van der Waals surface area contributed by atoms with Crippen LogP contribution in [0.5, 0.6) is 5.75 Å². The van der Waals surface area contributed by atoms with Crippen LogP contribution in [0.2, 0.25) is 5.02 Å². The second-order valence-electron chi connectivity index (χ2n) is 6.67. The van der Waals surface area contributed by atoms with Crippen LogP contribution in [0.4, 0.5) is 11.4 Å². The molecule has 30 heavy (non-hydrogen) atoms. The number of carbonyl (C=O) groups excluding carboxylic acids is 1. The molecule has 3 aromatic rings. The van der Waals surface area contributed by atoms with E-state index < -0.39 is 10.0 Å². The molecule has 2 aromatic carbocycles. The van der Waals surface area contributed by atoms with Crippen LogP contribution in [0.15, 0.2) is 45.8 Å². The molecule has 1 amide bonds. The van der Waals surface area contributed by atoms with Crippen molar-refractivity contribution in [1.82, 2.24) is 10.1 Å². The fourth-order valence-electron chi connectivity index (χ4n) is 3.02. The van der Waals surface area contributed by atoms with E-state index in [1.807, 2.05) is 6.07 Å². The first kappa shape index (κ1) is 20.2. The van der Waals surface area contributed by atoms with Gasteiger partial charge in [-0.15, -0.1) is 0 Å². The first-order valence-corrected chi connectivity index (χ1v) is 10.7. The molecule has 9 nitrogen and oxygen atoms in total. The summed E-state index contributed by atoms with van der Waals surface area (Å²) in [6.07, 6.45) is 0. The number of nitrogens with one attached hydrogen (secondary N) is 1. The van der Waals surface area contributed by atoms with Crippen molar-refractivity contribution in [2.45, 2.75) is 25.3 Å². The molecule has 1 N–H and O–H groups in total. The summed E-state index contributed by atoms with van der Waals surface area (Å²) in [6.45, 7) is 3.21. The van der Waals surface area contributed by atoms with Crippen molar-refractivity contribution in [3.05, 3.63) is 58.7 Å². The van der Waals surface area contributed by atoms with Crippen molar-refractivity contribution in [3.63, 3.8) is 0 Å². The van der Waals surface area contributed by atoms with Gasteiger partial charge in [0, 0.05) is 13.0 Å². The van der Waals surface area contributed by atoms with Crippen molar-refractivity contribution >= 4 is 38.9 Å². The summed E-state index contributed by atoms with van der Waals surface area (Å²) in [5, 5.41) is 3.74. The number of ether oxygens (including phenoxy) is 1. The van der Waals surface area contributed by atoms with Crippen molar-refractivity contribution in [2.75, 3.05) is 16.2 Å². The summed E-state index contributed by atoms with van der Waals surface area (Å²) in [7, 11) is -3.99. The third-order valence-electron chi connectivity index (χ3n) is 4.50. The molecule has 0 saturated carbocycles. The Morgan fingerprint density at radius 2 is 2.00 bits per heavy atom. The number of halogens is 1. The Kier molecular flexibility index (Phi) is 5.12. The Balaban J connectivity index is 1.70. The zero-order valence-electron chi connectivity index (χ0n) is 16.0. The number of anilines is 2. The van der Waals surface area contributed by atoms with Gasteiger partial charge in [-0.2, -0.15) is 4.98 Å². The number of para-hydroxylation sites is 1. The van der Waals surface area contributed by atoms with Gasteiger partial charge in [0.2, 0.25) is 5.89 Å². The number of hydrogen-bond acceptors (Lipinski definition) is 7. The minimum atomic E-state index is -3.99. The van der Waals surface area contributed by atoms with Crippen LogP contribution >= 0.6 is 11.6 Å². The maximum Gasteiger partial charge on any atom is 0.265 e. The number of carbonyl (C=O) groups is 1. The van der Waals surface area contributed by atoms with E-state index in [0.29, 0.717) is 23.1 Å². The van der Waals surface area contributed by atoms with Gasteiger partial charge in [-0.05, 0) is 24.6 Å². The Morgan fingerprint density at radius 3 is 2.70 bits per heavy atom. The molecule has 0 aliphatic carbocycles. The quantitative estimate of drug-likeness (QED) is 0.637. The smallest absolute Gasteiger partial charge is 0.265 e. The van der Waals surface area contributed by atoms with E-state index >= 15 is 0 Å². The highest BCUT2D eigenvalue weighted by Crippen LogP contribution is 2.39. The van der Waals surface area contributed by atoms with Gasteiger partial charge in [0.05, 0.1) is 22.9 Å². The molecule has 0 unspecified atom stereocenters. The lowest BCUT2D eigenvalue weighted by molar-refractivity contribution is -0.121. The predicted octanol–water partition coefficient (Wildman–Crippen LogP) is 3.07. The highest BCUT2D eigenvalue weighted by molar-refractivity contribution is 7.92. The van der Waals surface area contributed by atoms with Crippen LogP contribution in [0, 0.1) is 13.8 Å². The van der Waals surface area contributed by atoms with E-state index in [4.69, 9.17) is 20.9 Å². The number of sulfonamides is 1. The van der Waals surface area contributed by atoms with Crippen LogP contribution in [0.25, 0.3) is 0 Å². The number of fused-ring (bicyclic) bond motifs is 1. The molecular weight excluding hydrogens is 432 g/mol. The van der Waals surface area contributed by atoms with Crippen LogP contribution in [-0.4, -0.2) is 31.1 Å². The summed E-state index contributed by atoms with van der Waals surface area (Å²) in [6, 6.07) is 9.67. The highest BCUT2D eigenvalue weighted by Gasteiger charge is 2.30. The molecule has 1 aromatic heterocycles. The molecule has 0 bridgehead atoms. The molecule has 2 heterocycles. The van der Waals surface area contributed by atoms with Gasteiger partial charge >= 0.3 is 0 Å². The van der Waals surface area contributed by atoms with E-state index in [1.165, 1.54) is 17.0 Å². The number of aryl methyl sites for hydroxylation is 2. The lowest BCUT2D eigenvalue weighted by Gasteiger charge is -2.29. The molecule has 1 aliphatic heterocycles. The molecule has 0 radical (unpaired) electrons. The molecule has 0 atom stereocenters. The van der Waals surface area contributed by atoms with Gasteiger partial charge in [-0.1, -0.05) is 35.0 Å². The monoisotopic (exact) mass is 448 g/mol. The van der Waals surface area contributed by atoms with E-state index in [9.17, 15) is 13.2 Å². The first-order chi connectivity index (χ1) is 14.2. The van der Waals surface area contributed by atoms with E-state index in [-0.39, 0.29) is 34.7 Å². The van der Waals surface area contributed by atoms with Crippen LogP contribution in [0.3, 0.4) is 0 Å². The Bertz CT molecular complexity index is 1240. The average Bonchev–Trinajstić information content (AvgIpc) is 3.10. The SMILES string of the molecule is Cc1nc(CN2C(=O)COc3cc(S(=O)(=O)Nc4ccccc4C)c(Cl)cc32)no1. The van der Waals surface area contributed by atoms with E-state index in [1.54, 1.807) is 32.0 Å². The summed E-state index contributed by atoms with van der Waals surface area (Å²) >= 11 is 6.31. The Labute approximate surface area is 177 Å². The molecule has 1 aliphatic rings. The second-order valence-corrected chi connectivity index (χ2v) is 8.73. The molecule has 0 saturated heterocycles. The minimum Gasteiger partial charge on any atom is -0.482 e. The van der Waals surface area contributed by atoms with Gasteiger partial charge in [0.1, 0.15) is 10.6 Å². The fourth-order valence-corrected chi connectivity index (χ4v) is 4.68. The van der Waals surface area contributed by atoms with Gasteiger partial charge in [-0.25, -0.2) is 8.42 Å². The van der Waals surface area contributed by atoms with Crippen LogP contribution in [0.1, 0.15) is 17.3 Å². The highest BCUT2D eigenvalue weighted by atomic mass is 35.5. The zero-order chi connectivity index (χ0) is 21.5. The summed E-state index contributed by atoms with van der Waals surface area (Å²) in [5.41, 5.74) is 1.53. The summed E-state index contributed by atoms with van der Waals surface area (Å²) < 4.78 is 38.8. The van der Waals surface area contributed by atoms with Crippen molar-refractivity contribution in [2.24, 2.45) is 0 Å². The zero-order valence-corrected chi connectivity index (χ0v) is 17.6. The van der Waals surface area contributed by atoms with Crippen LogP contribution < -0.4 is 14.4 Å². The molecule has 11 heteroatoms. The molecule has 0 spiro atoms. The first-order valence-electron chi connectivity index (χ1n) is 8.89. The second kappa shape index (κ2) is 7.62. The van der Waals surface area contributed by atoms with Gasteiger partial charge in [0.15, 0.2) is 12.4 Å². The topological polar surface area (TPSA) is 115 Å². The van der Waals surface area contributed by atoms with E-state index in [0.717, 1.165) is 5.56 Å². The molecule has 0 fully saturated rings. The van der Waals surface area contributed by atoms with Gasteiger partial charge in [-0.3, -0.25) is 14.4 Å².